The zero-order valence-corrected chi connectivity index (χ0v) is 16.8. The van der Waals surface area contributed by atoms with Crippen molar-refractivity contribution in [3.63, 3.8) is 0 Å². The van der Waals surface area contributed by atoms with E-state index in [2.05, 4.69) is 25.6 Å². The van der Waals surface area contributed by atoms with E-state index in [9.17, 15) is 4.79 Å². The van der Waals surface area contributed by atoms with Crippen LogP contribution in [0.25, 0.3) is 0 Å². The van der Waals surface area contributed by atoms with Crippen LogP contribution in [0, 0.1) is 6.92 Å². The number of carbonyl (C=O) groups excluding carboxylic acids is 1. The first-order chi connectivity index (χ1) is 14.7. The number of amides is 1. The third-order valence-corrected chi connectivity index (χ3v) is 4.61. The molecule has 1 aliphatic rings. The van der Waals surface area contributed by atoms with Gasteiger partial charge in [-0.15, -0.1) is 0 Å². The highest BCUT2D eigenvalue weighted by molar-refractivity contribution is 5.98. The molecule has 3 aromatic rings. The molecule has 0 radical (unpaired) electrons. The summed E-state index contributed by atoms with van der Waals surface area (Å²) in [4.78, 5) is 25.1. The average molecular weight is 401 g/mol. The van der Waals surface area contributed by atoms with E-state index in [0.717, 1.165) is 35.7 Å². The molecular weight excluding hydrogens is 378 g/mol. The summed E-state index contributed by atoms with van der Waals surface area (Å²) in [5, 5.41) is 6.05. The predicted molar refractivity (Wildman–Crippen MR) is 116 cm³/mol. The highest BCUT2D eigenvalue weighted by Gasteiger charge is 2.11. The van der Waals surface area contributed by atoms with E-state index >= 15 is 0 Å². The number of nitrogens with zero attached hydrogens (tertiary/aromatic N) is 3. The van der Waals surface area contributed by atoms with Gasteiger partial charge in [-0.2, -0.15) is 0 Å². The van der Waals surface area contributed by atoms with Crippen molar-refractivity contribution in [2.75, 3.05) is 18.4 Å². The molecule has 0 aliphatic carbocycles. The third kappa shape index (κ3) is 5.20. The molecule has 3 heterocycles. The van der Waals surface area contributed by atoms with E-state index in [1.807, 2.05) is 55.5 Å². The Kier molecular flexibility index (Phi) is 5.98. The first-order valence-electron chi connectivity index (χ1n) is 9.90. The second-order valence-electron chi connectivity index (χ2n) is 7.05. The van der Waals surface area contributed by atoms with Crippen LogP contribution in [0.5, 0.6) is 11.5 Å². The maximum absolute atomic E-state index is 12.2. The summed E-state index contributed by atoms with van der Waals surface area (Å²) in [6.07, 6.45) is 4.37. The van der Waals surface area contributed by atoms with Crippen molar-refractivity contribution < 1.29 is 9.53 Å². The maximum Gasteiger partial charge on any atom is 0.225 e. The van der Waals surface area contributed by atoms with Crippen LogP contribution < -0.4 is 15.4 Å². The predicted octanol–water partition coefficient (Wildman–Crippen LogP) is 3.50. The van der Waals surface area contributed by atoms with Gasteiger partial charge in [0.1, 0.15) is 28.8 Å². The zero-order valence-electron chi connectivity index (χ0n) is 16.8. The quantitative estimate of drug-likeness (QED) is 0.633. The highest BCUT2D eigenvalue weighted by Crippen LogP contribution is 2.23. The van der Waals surface area contributed by atoms with Crippen molar-refractivity contribution in [3.05, 3.63) is 77.7 Å². The summed E-state index contributed by atoms with van der Waals surface area (Å²) in [7, 11) is 0. The number of amidine groups is 1. The molecule has 7 nitrogen and oxygen atoms in total. The fraction of sp³-hybridized carbons (Fsp3) is 0.217. The maximum atomic E-state index is 12.2. The molecule has 0 spiro atoms. The average Bonchev–Trinajstić information content (AvgIpc) is 3.28. The zero-order chi connectivity index (χ0) is 20.8. The number of aryl methyl sites for hydroxylation is 2. The van der Waals surface area contributed by atoms with Crippen molar-refractivity contribution in [2.45, 2.75) is 19.8 Å². The molecule has 2 aromatic heterocycles. The van der Waals surface area contributed by atoms with Crippen LogP contribution >= 0.6 is 0 Å². The molecule has 0 atom stereocenters. The van der Waals surface area contributed by atoms with Crippen molar-refractivity contribution in [2.24, 2.45) is 4.99 Å². The van der Waals surface area contributed by atoms with Crippen LogP contribution in [0.15, 0.2) is 65.9 Å². The van der Waals surface area contributed by atoms with Crippen molar-refractivity contribution in [1.82, 2.24) is 15.3 Å². The topological polar surface area (TPSA) is 88.5 Å². The Labute approximate surface area is 175 Å². The van der Waals surface area contributed by atoms with E-state index in [0.29, 0.717) is 30.2 Å². The number of hydrogen-bond acceptors (Lipinski definition) is 6. The lowest BCUT2D eigenvalue weighted by Crippen LogP contribution is -2.20. The van der Waals surface area contributed by atoms with Gasteiger partial charge in [-0.25, -0.2) is 4.98 Å². The molecule has 1 amide bonds. The van der Waals surface area contributed by atoms with Crippen LogP contribution in [0.4, 0.5) is 5.82 Å². The molecule has 0 saturated heterocycles. The second kappa shape index (κ2) is 9.17. The number of carbonyl (C=O) groups is 1. The monoisotopic (exact) mass is 401 g/mol. The molecule has 0 fully saturated rings. The van der Waals surface area contributed by atoms with Crippen molar-refractivity contribution >= 4 is 17.6 Å². The van der Waals surface area contributed by atoms with Gasteiger partial charge in [0.15, 0.2) is 0 Å². The molecule has 0 unspecified atom stereocenters. The summed E-state index contributed by atoms with van der Waals surface area (Å²) in [6.45, 7) is 3.56. The van der Waals surface area contributed by atoms with Crippen molar-refractivity contribution in [1.29, 1.82) is 0 Å². The molecule has 1 aromatic carbocycles. The molecule has 7 heteroatoms. The summed E-state index contributed by atoms with van der Waals surface area (Å²) in [5.41, 5.74) is 2.85. The standard InChI is InChI=1S/C23H23N5O2/c1-16-7-9-25-21(13-16)28-22(29)6-5-17-3-2-4-18(14-17)30-19-8-10-24-20(15-19)23-26-11-12-27-23/h2-4,7-10,13-15H,5-6,11-12H2,1H3,(H,26,27)(H,25,28,29). The Morgan fingerprint density at radius 3 is 2.80 bits per heavy atom. The van der Waals surface area contributed by atoms with Crippen LogP contribution in [0.3, 0.4) is 0 Å². The largest absolute Gasteiger partial charge is 0.457 e. The Balaban J connectivity index is 1.36. The van der Waals surface area contributed by atoms with Crippen LogP contribution in [-0.4, -0.2) is 34.8 Å². The van der Waals surface area contributed by atoms with Gasteiger partial charge in [-0.05, 0) is 54.8 Å². The number of pyridine rings is 2. The van der Waals surface area contributed by atoms with Gasteiger partial charge in [0.25, 0.3) is 0 Å². The van der Waals surface area contributed by atoms with E-state index in [-0.39, 0.29) is 5.91 Å². The number of hydrogen-bond donors (Lipinski definition) is 2. The normalized spacial score (nSPS) is 12.8. The van der Waals surface area contributed by atoms with E-state index < -0.39 is 0 Å². The minimum absolute atomic E-state index is 0.0666. The van der Waals surface area contributed by atoms with Crippen molar-refractivity contribution in [3.8, 4) is 11.5 Å². The summed E-state index contributed by atoms with van der Waals surface area (Å²) in [5.74, 6) is 2.71. The third-order valence-electron chi connectivity index (χ3n) is 4.61. The Bertz CT molecular complexity index is 1080. The van der Waals surface area contributed by atoms with Gasteiger partial charge in [0.05, 0.1) is 6.54 Å². The summed E-state index contributed by atoms with van der Waals surface area (Å²) in [6, 6.07) is 15.2. The van der Waals surface area contributed by atoms with Gasteiger partial charge < -0.3 is 15.4 Å². The Morgan fingerprint density at radius 2 is 1.97 bits per heavy atom. The van der Waals surface area contributed by atoms with Gasteiger partial charge in [0, 0.05) is 31.4 Å². The number of nitrogens with one attached hydrogen (secondary N) is 2. The SMILES string of the molecule is Cc1ccnc(NC(=O)CCc2cccc(Oc3ccnc(C4=NCCN4)c3)c2)c1. The second-order valence-corrected chi connectivity index (χ2v) is 7.05. The lowest BCUT2D eigenvalue weighted by atomic mass is 10.1. The summed E-state index contributed by atoms with van der Waals surface area (Å²) < 4.78 is 6.00. The fourth-order valence-electron chi connectivity index (χ4n) is 3.14. The number of aromatic nitrogens is 2. The number of benzene rings is 1. The van der Waals surface area contributed by atoms with Gasteiger partial charge in [-0.3, -0.25) is 14.8 Å². The van der Waals surface area contributed by atoms with Crippen LogP contribution in [0.1, 0.15) is 23.2 Å². The van der Waals surface area contributed by atoms with Gasteiger partial charge in [-0.1, -0.05) is 12.1 Å². The molecule has 2 N–H and O–H groups in total. The highest BCUT2D eigenvalue weighted by atomic mass is 16.5. The molecule has 1 aliphatic heterocycles. The van der Waals surface area contributed by atoms with Crippen LogP contribution in [0.2, 0.25) is 0 Å². The fourth-order valence-corrected chi connectivity index (χ4v) is 3.14. The summed E-state index contributed by atoms with van der Waals surface area (Å²) >= 11 is 0. The lowest BCUT2D eigenvalue weighted by Gasteiger charge is -2.09. The minimum Gasteiger partial charge on any atom is -0.457 e. The minimum atomic E-state index is -0.0666. The van der Waals surface area contributed by atoms with Crippen LogP contribution in [-0.2, 0) is 11.2 Å². The van der Waals surface area contributed by atoms with E-state index in [1.54, 1.807) is 12.4 Å². The van der Waals surface area contributed by atoms with E-state index in [4.69, 9.17) is 4.74 Å². The molecular formula is C23H23N5O2. The molecule has 152 valence electrons. The number of anilines is 1. The first-order valence-corrected chi connectivity index (χ1v) is 9.90. The number of rotatable bonds is 7. The Morgan fingerprint density at radius 1 is 1.10 bits per heavy atom. The molecule has 0 bridgehead atoms. The number of aliphatic imine (C=N–C) groups is 1. The Hall–Kier alpha value is -3.74. The molecule has 0 saturated carbocycles. The van der Waals surface area contributed by atoms with Gasteiger partial charge in [0.2, 0.25) is 5.91 Å². The molecule has 30 heavy (non-hydrogen) atoms. The number of ether oxygens (including phenoxy) is 1. The van der Waals surface area contributed by atoms with Gasteiger partial charge >= 0.3 is 0 Å². The smallest absolute Gasteiger partial charge is 0.225 e. The first kappa shape index (κ1) is 19.6. The molecule has 4 rings (SSSR count). The van der Waals surface area contributed by atoms with E-state index in [1.165, 1.54) is 0 Å². The lowest BCUT2D eigenvalue weighted by molar-refractivity contribution is -0.116.